The molecule has 1 heterocycles. The molecule has 1 aliphatic rings. The van der Waals surface area contributed by atoms with Crippen molar-refractivity contribution in [3.63, 3.8) is 0 Å². The number of nitrogens with one attached hydrogen (secondary N) is 1. The Kier molecular flexibility index (Phi) is 3.79. The van der Waals surface area contributed by atoms with E-state index in [-0.39, 0.29) is 11.9 Å². The average Bonchev–Trinajstić information content (AvgIpc) is 2.34. The van der Waals surface area contributed by atoms with Crippen LogP contribution in [0.2, 0.25) is 0 Å². The van der Waals surface area contributed by atoms with Gasteiger partial charge >= 0.3 is 0 Å². The predicted octanol–water partition coefficient (Wildman–Crippen LogP) is 1.71. The van der Waals surface area contributed by atoms with E-state index in [1.807, 2.05) is 24.0 Å². The Morgan fingerprint density at radius 1 is 1.41 bits per heavy atom. The molecule has 1 aromatic rings. The quantitative estimate of drug-likeness (QED) is 0.860. The smallest absolute Gasteiger partial charge is 0.240 e. The molecule has 1 atom stereocenters. The SMILES string of the molecule is CCC1NCCN(Cc2ccccc2C)C1=O. The minimum absolute atomic E-state index is 0.00719. The summed E-state index contributed by atoms with van der Waals surface area (Å²) in [5.74, 6) is 0.238. The van der Waals surface area contributed by atoms with Crippen LogP contribution in [0.15, 0.2) is 24.3 Å². The maximum absolute atomic E-state index is 12.1. The van der Waals surface area contributed by atoms with Gasteiger partial charge in [0, 0.05) is 19.6 Å². The lowest BCUT2D eigenvalue weighted by atomic mass is 10.1. The third kappa shape index (κ3) is 2.67. The summed E-state index contributed by atoms with van der Waals surface area (Å²) in [6.45, 7) is 6.59. The van der Waals surface area contributed by atoms with Gasteiger partial charge in [0.2, 0.25) is 5.91 Å². The number of piperazine rings is 1. The summed E-state index contributed by atoms with van der Waals surface area (Å²) in [6, 6.07) is 8.28. The Morgan fingerprint density at radius 2 is 2.18 bits per heavy atom. The van der Waals surface area contributed by atoms with Gasteiger partial charge < -0.3 is 10.2 Å². The van der Waals surface area contributed by atoms with Crippen LogP contribution >= 0.6 is 0 Å². The van der Waals surface area contributed by atoms with Gasteiger partial charge in [-0.3, -0.25) is 4.79 Å². The zero-order valence-electron chi connectivity index (χ0n) is 10.6. The van der Waals surface area contributed by atoms with Crippen molar-refractivity contribution >= 4 is 5.91 Å². The second kappa shape index (κ2) is 5.32. The van der Waals surface area contributed by atoms with Gasteiger partial charge in [0.05, 0.1) is 6.04 Å². The molecule has 0 bridgehead atoms. The fourth-order valence-corrected chi connectivity index (χ4v) is 2.26. The van der Waals surface area contributed by atoms with E-state index in [0.717, 1.165) is 26.1 Å². The van der Waals surface area contributed by atoms with Gasteiger partial charge in [0.15, 0.2) is 0 Å². The molecule has 0 saturated carbocycles. The first kappa shape index (κ1) is 12.1. The number of amides is 1. The summed E-state index contributed by atoms with van der Waals surface area (Å²) < 4.78 is 0. The molecule has 1 amide bonds. The summed E-state index contributed by atoms with van der Waals surface area (Å²) in [7, 11) is 0. The summed E-state index contributed by atoms with van der Waals surface area (Å²) >= 11 is 0. The average molecular weight is 232 g/mol. The topological polar surface area (TPSA) is 32.3 Å². The first-order valence-corrected chi connectivity index (χ1v) is 6.29. The van der Waals surface area contributed by atoms with Crippen molar-refractivity contribution in [2.75, 3.05) is 13.1 Å². The van der Waals surface area contributed by atoms with Gasteiger partial charge in [-0.25, -0.2) is 0 Å². The van der Waals surface area contributed by atoms with E-state index >= 15 is 0 Å². The molecule has 0 aromatic heterocycles. The van der Waals surface area contributed by atoms with Gasteiger partial charge in [-0.05, 0) is 24.5 Å². The maximum Gasteiger partial charge on any atom is 0.240 e. The first-order chi connectivity index (χ1) is 8.22. The summed E-state index contributed by atoms with van der Waals surface area (Å²) in [4.78, 5) is 14.1. The molecule has 0 radical (unpaired) electrons. The van der Waals surface area contributed by atoms with Crippen LogP contribution in [0.5, 0.6) is 0 Å². The minimum Gasteiger partial charge on any atom is -0.336 e. The number of hydrogen-bond acceptors (Lipinski definition) is 2. The van der Waals surface area contributed by atoms with Gasteiger partial charge in [-0.1, -0.05) is 31.2 Å². The normalized spacial score (nSPS) is 20.7. The third-order valence-corrected chi connectivity index (χ3v) is 3.41. The molecule has 1 saturated heterocycles. The lowest BCUT2D eigenvalue weighted by molar-refractivity contribution is -0.136. The van der Waals surface area contributed by atoms with Crippen LogP contribution in [-0.4, -0.2) is 29.9 Å². The number of rotatable bonds is 3. The summed E-state index contributed by atoms with van der Waals surface area (Å²) in [5, 5.41) is 3.26. The Labute approximate surface area is 103 Å². The molecule has 3 nitrogen and oxygen atoms in total. The highest BCUT2D eigenvalue weighted by molar-refractivity contribution is 5.82. The van der Waals surface area contributed by atoms with Crippen molar-refractivity contribution < 1.29 is 4.79 Å². The van der Waals surface area contributed by atoms with Gasteiger partial charge in [-0.15, -0.1) is 0 Å². The van der Waals surface area contributed by atoms with E-state index in [9.17, 15) is 4.79 Å². The van der Waals surface area contributed by atoms with E-state index in [4.69, 9.17) is 0 Å². The highest BCUT2D eigenvalue weighted by atomic mass is 16.2. The zero-order valence-corrected chi connectivity index (χ0v) is 10.6. The molecule has 1 fully saturated rings. The van der Waals surface area contributed by atoms with E-state index in [2.05, 4.69) is 24.4 Å². The highest BCUT2D eigenvalue weighted by Gasteiger charge is 2.26. The molecular formula is C14H20N2O. The van der Waals surface area contributed by atoms with Crippen molar-refractivity contribution in [1.82, 2.24) is 10.2 Å². The van der Waals surface area contributed by atoms with Gasteiger partial charge in [-0.2, -0.15) is 0 Å². The second-order valence-electron chi connectivity index (χ2n) is 4.60. The van der Waals surface area contributed by atoms with Crippen molar-refractivity contribution in [2.45, 2.75) is 32.9 Å². The molecular weight excluding hydrogens is 212 g/mol. The molecule has 0 spiro atoms. The van der Waals surface area contributed by atoms with Crippen molar-refractivity contribution in [3.05, 3.63) is 35.4 Å². The fraction of sp³-hybridized carbons (Fsp3) is 0.500. The molecule has 1 aliphatic heterocycles. The zero-order chi connectivity index (χ0) is 12.3. The number of carbonyl (C=O) groups is 1. The molecule has 1 N–H and O–H groups in total. The maximum atomic E-state index is 12.1. The van der Waals surface area contributed by atoms with Crippen LogP contribution in [0.3, 0.4) is 0 Å². The van der Waals surface area contributed by atoms with Crippen molar-refractivity contribution in [2.24, 2.45) is 0 Å². The van der Waals surface area contributed by atoms with Crippen LogP contribution in [0, 0.1) is 6.92 Å². The Bertz CT molecular complexity index is 403. The van der Waals surface area contributed by atoms with Crippen LogP contribution in [-0.2, 0) is 11.3 Å². The fourth-order valence-electron chi connectivity index (χ4n) is 2.26. The second-order valence-corrected chi connectivity index (χ2v) is 4.60. The Hall–Kier alpha value is -1.35. The number of carbonyl (C=O) groups excluding carboxylic acids is 1. The van der Waals surface area contributed by atoms with E-state index in [0.29, 0.717) is 0 Å². The molecule has 92 valence electrons. The summed E-state index contributed by atoms with van der Waals surface area (Å²) in [5.41, 5.74) is 2.50. The summed E-state index contributed by atoms with van der Waals surface area (Å²) in [6.07, 6.45) is 0.864. The van der Waals surface area contributed by atoms with Crippen LogP contribution in [0.25, 0.3) is 0 Å². The molecule has 17 heavy (non-hydrogen) atoms. The van der Waals surface area contributed by atoms with E-state index in [1.165, 1.54) is 11.1 Å². The number of hydrogen-bond donors (Lipinski definition) is 1. The standard InChI is InChI=1S/C14H20N2O/c1-3-13-14(17)16(9-8-15-13)10-12-7-5-4-6-11(12)2/h4-7,13,15H,3,8-10H2,1-2H3. The van der Waals surface area contributed by atoms with E-state index < -0.39 is 0 Å². The van der Waals surface area contributed by atoms with E-state index in [1.54, 1.807) is 0 Å². The van der Waals surface area contributed by atoms with Crippen LogP contribution in [0.4, 0.5) is 0 Å². The molecule has 2 rings (SSSR count). The largest absolute Gasteiger partial charge is 0.336 e. The Morgan fingerprint density at radius 3 is 2.88 bits per heavy atom. The Balaban J connectivity index is 2.08. The monoisotopic (exact) mass is 232 g/mol. The van der Waals surface area contributed by atoms with Crippen LogP contribution < -0.4 is 5.32 Å². The first-order valence-electron chi connectivity index (χ1n) is 6.29. The number of aryl methyl sites for hydroxylation is 1. The highest BCUT2D eigenvalue weighted by Crippen LogP contribution is 2.13. The van der Waals surface area contributed by atoms with Gasteiger partial charge in [0.25, 0.3) is 0 Å². The lowest BCUT2D eigenvalue weighted by Crippen LogP contribution is -2.54. The molecule has 3 heteroatoms. The molecule has 1 aromatic carbocycles. The minimum atomic E-state index is 0.00719. The van der Waals surface area contributed by atoms with Gasteiger partial charge in [0.1, 0.15) is 0 Å². The molecule has 1 unspecified atom stereocenters. The number of nitrogens with zero attached hydrogens (tertiary/aromatic N) is 1. The number of benzene rings is 1. The van der Waals surface area contributed by atoms with Crippen LogP contribution in [0.1, 0.15) is 24.5 Å². The van der Waals surface area contributed by atoms with Crippen molar-refractivity contribution in [1.29, 1.82) is 0 Å². The predicted molar refractivity (Wildman–Crippen MR) is 68.7 cm³/mol. The lowest BCUT2D eigenvalue weighted by Gasteiger charge is -2.33. The van der Waals surface area contributed by atoms with Crippen molar-refractivity contribution in [3.8, 4) is 0 Å². The third-order valence-electron chi connectivity index (χ3n) is 3.41. The molecule has 0 aliphatic carbocycles.